The summed E-state index contributed by atoms with van der Waals surface area (Å²) in [4.78, 5) is 0. The third-order valence-electron chi connectivity index (χ3n) is 0.939. The zero-order valence-electron chi connectivity index (χ0n) is 8.05. The second-order valence-corrected chi connectivity index (χ2v) is 4.40. The van der Waals surface area contributed by atoms with E-state index in [4.69, 9.17) is 9.47 Å². The first-order valence-corrected chi connectivity index (χ1v) is 4.56. The minimum absolute atomic E-state index is 0.191. The van der Waals surface area contributed by atoms with Gasteiger partial charge in [-0.2, -0.15) is 0 Å². The normalized spacial score (nSPS) is 13.2. The van der Waals surface area contributed by atoms with Crippen molar-refractivity contribution in [3.8, 4) is 0 Å². The monoisotopic (exact) mass is 172 g/mol. The average molecular weight is 172 g/mol. The summed E-state index contributed by atoms with van der Waals surface area (Å²) in [6.45, 7) is 9.87. The third-order valence-corrected chi connectivity index (χ3v) is 1.21. The van der Waals surface area contributed by atoms with E-state index in [1.807, 2.05) is 34.6 Å². The predicted octanol–water partition coefficient (Wildman–Crippen LogP) is 1.68. The summed E-state index contributed by atoms with van der Waals surface area (Å²) in [7, 11) is 0. The first-order valence-electron chi connectivity index (χ1n) is 3.98. The fraction of sp³-hybridized carbons (Fsp3) is 1.00. The Bertz CT molecular complexity index is 98.7. The van der Waals surface area contributed by atoms with Crippen molar-refractivity contribution in [3.63, 3.8) is 0 Å². The van der Waals surface area contributed by atoms with Crippen LogP contribution in [0.25, 0.3) is 0 Å². The molecule has 0 heterocycles. The van der Waals surface area contributed by atoms with Crippen molar-refractivity contribution in [2.24, 2.45) is 0 Å². The Kier molecular flexibility index (Phi) is 4.66. The maximum absolute atomic E-state index is 5.49. The molecule has 0 radical (unpaired) electrons. The summed E-state index contributed by atoms with van der Waals surface area (Å²) in [6.07, 6.45) is 0.382. The summed E-state index contributed by atoms with van der Waals surface area (Å²) in [6, 6.07) is 0. The molecule has 2 nitrogen and oxygen atoms in total. The summed E-state index contributed by atoms with van der Waals surface area (Å²) in [5.41, 5.74) is 0. The molecule has 62 valence electrons. The summed E-state index contributed by atoms with van der Waals surface area (Å²) < 4.78 is 10.4. The third kappa shape index (κ3) is 6.84. The van der Waals surface area contributed by atoms with Gasteiger partial charge in [0.25, 0.3) is 0 Å². The van der Waals surface area contributed by atoms with Crippen LogP contribution < -0.4 is 0 Å². The first-order chi connectivity index (χ1) is 4.83. The van der Waals surface area contributed by atoms with Gasteiger partial charge in [0.2, 0.25) is 0 Å². The van der Waals surface area contributed by atoms with Crippen LogP contribution in [0.4, 0.5) is 0 Å². The Labute approximate surface area is 77.7 Å². The molecule has 0 amide bonds. The van der Waals surface area contributed by atoms with E-state index in [0.717, 1.165) is 0 Å². The molecule has 0 rings (SSSR count). The molecule has 0 N–H and O–H groups in total. The van der Waals surface area contributed by atoms with Crippen LogP contribution in [0.5, 0.6) is 0 Å². The molecule has 0 aliphatic carbocycles. The van der Waals surface area contributed by atoms with Gasteiger partial charge in [-0.3, -0.25) is 0 Å². The van der Waals surface area contributed by atoms with Gasteiger partial charge in [-0.05, 0) is 0 Å². The Morgan fingerprint density at radius 3 is 1.45 bits per heavy atom. The van der Waals surface area contributed by atoms with Crippen LogP contribution in [-0.4, -0.2) is 33.1 Å². The molecular formula is C8H17AlO2+2. The zero-order chi connectivity index (χ0) is 9.07. The van der Waals surface area contributed by atoms with E-state index in [1.54, 1.807) is 0 Å². The Balaban J connectivity index is 3.79. The van der Waals surface area contributed by atoms with E-state index >= 15 is 0 Å². The molecule has 0 fully saturated rings. The molecule has 0 aliphatic rings. The molecule has 0 saturated carbocycles. The van der Waals surface area contributed by atoms with Gasteiger partial charge in [0.05, 0.1) is 0 Å². The molecule has 11 heavy (non-hydrogen) atoms. The Morgan fingerprint density at radius 2 is 1.27 bits per heavy atom. The minimum atomic E-state index is -0.539. The summed E-state index contributed by atoms with van der Waals surface area (Å²) in [5, 5.41) is 0. The van der Waals surface area contributed by atoms with Gasteiger partial charge in [-0.15, -0.1) is 0 Å². The van der Waals surface area contributed by atoms with Crippen molar-refractivity contribution >= 4 is 16.3 Å². The van der Waals surface area contributed by atoms with E-state index in [0.29, 0.717) is 0 Å². The van der Waals surface area contributed by atoms with E-state index < -0.39 is 4.65 Å². The van der Waals surface area contributed by atoms with Crippen LogP contribution in [0, 0.1) is 0 Å². The van der Waals surface area contributed by atoms with Crippen molar-refractivity contribution in [2.45, 2.75) is 51.5 Å². The maximum atomic E-state index is 5.49. The summed E-state index contributed by atoms with van der Waals surface area (Å²) in [5.74, 6) is 0. The van der Waals surface area contributed by atoms with Crippen LogP contribution in [0.3, 0.4) is 0 Å². The van der Waals surface area contributed by atoms with Crippen molar-refractivity contribution in [1.82, 2.24) is 0 Å². The molecule has 0 atom stereocenters. The number of ether oxygens (including phenoxy) is 2. The van der Waals surface area contributed by atoms with Crippen molar-refractivity contribution in [3.05, 3.63) is 0 Å². The van der Waals surface area contributed by atoms with Crippen molar-refractivity contribution < 1.29 is 9.47 Å². The SMILES string of the molecule is CC(C)O[C](C)([Al+2])OC(C)C. The van der Waals surface area contributed by atoms with E-state index in [2.05, 4.69) is 16.3 Å². The van der Waals surface area contributed by atoms with Gasteiger partial charge in [-0.25, -0.2) is 0 Å². The van der Waals surface area contributed by atoms with Crippen molar-refractivity contribution in [2.75, 3.05) is 0 Å². The van der Waals surface area contributed by atoms with Crippen LogP contribution >= 0.6 is 0 Å². The van der Waals surface area contributed by atoms with E-state index in [9.17, 15) is 0 Å². The molecule has 0 aromatic heterocycles. The van der Waals surface area contributed by atoms with Gasteiger partial charge in [0.15, 0.2) is 0 Å². The standard InChI is InChI=1S/C8H17O2.Al/c1-6(2)9-8(5)10-7(3)4;/h6-7H,1-5H3;/q;+2. The molecule has 0 aromatic rings. The second-order valence-electron chi connectivity index (χ2n) is 3.35. The number of hydrogen-bond donors (Lipinski definition) is 0. The fourth-order valence-electron chi connectivity index (χ4n) is 0.964. The molecule has 0 bridgehead atoms. The molecule has 0 aliphatic heterocycles. The predicted molar refractivity (Wildman–Crippen MR) is 46.6 cm³/mol. The zero-order valence-corrected chi connectivity index (χ0v) is 9.20. The molecule has 0 spiro atoms. The van der Waals surface area contributed by atoms with Crippen molar-refractivity contribution in [1.29, 1.82) is 0 Å². The second kappa shape index (κ2) is 4.47. The topological polar surface area (TPSA) is 18.5 Å². The first kappa shape index (κ1) is 11.5. The van der Waals surface area contributed by atoms with Crippen LogP contribution in [0.2, 0.25) is 0 Å². The Hall–Kier alpha value is 0.452. The molecular weight excluding hydrogens is 155 g/mol. The fourth-order valence-corrected chi connectivity index (χ4v) is 1.51. The summed E-state index contributed by atoms with van der Waals surface area (Å²) >= 11 is 2.56. The van der Waals surface area contributed by atoms with Gasteiger partial charge < -0.3 is 0 Å². The van der Waals surface area contributed by atoms with Crippen LogP contribution in [-0.2, 0) is 9.47 Å². The van der Waals surface area contributed by atoms with Gasteiger partial charge in [0, 0.05) is 0 Å². The van der Waals surface area contributed by atoms with E-state index in [1.165, 1.54) is 0 Å². The van der Waals surface area contributed by atoms with Crippen LogP contribution in [0.1, 0.15) is 34.6 Å². The number of hydrogen-bond acceptors (Lipinski definition) is 2. The molecule has 0 saturated heterocycles. The van der Waals surface area contributed by atoms with E-state index in [-0.39, 0.29) is 12.2 Å². The van der Waals surface area contributed by atoms with Crippen LogP contribution in [0.15, 0.2) is 0 Å². The van der Waals surface area contributed by atoms with Gasteiger partial charge in [-0.1, -0.05) is 0 Å². The molecule has 0 unspecified atom stereocenters. The average Bonchev–Trinajstić information content (AvgIpc) is 1.53. The quantitative estimate of drug-likeness (QED) is 0.474. The van der Waals surface area contributed by atoms with Gasteiger partial charge >= 0.3 is 77.2 Å². The Morgan fingerprint density at radius 1 is 1.00 bits per heavy atom. The number of rotatable bonds is 4. The molecule has 3 heteroatoms. The molecule has 0 aromatic carbocycles. The van der Waals surface area contributed by atoms with Gasteiger partial charge in [0.1, 0.15) is 0 Å².